The highest BCUT2D eigenvalue weighted by Crippen LogP contribution is 2.29. The third-order valence-corrected chi connectivity index (χ3v) is 6.06. The Bertz CT molecular complexity index is 896. The summed E-state index contributed by atoms with van der Waals surface area (Å²) in [4.78, 5) is 14.6. The average Bonchev–Trinajstić information content (AvgIpc) is 3.48. The zero-order valence-corrected chi connectivity index (χ0v) is 17.7. The SMILES string of the molecule is CCn1c(C2CCN(C(=O)Nc3cccc(COCC4CC4)c3)CC2)n[nH]c1=S. The zero-order chi connectivity index (χ0) is 20.2. The van der Waals surface area contributed by atoms with E-state index in [1.165, 1.54) is 12.8 Å². The molecular weight excluding hydrogens is 386 g/mol. The minimum atomic E-state index is -0.0474. The number of hydrogen-bond donors (Lipinski definition) is 2. The van der Waals surface area contributed by atoms with Gasteiger partial charge >= 0.3 is 6.03 Å². The maximum Gasteiger partial charge on any atom is 0.321 e. The summed E-state index contributed by atoms with van der Waals surface area (Å²) in [6.07, 6.45) is 4.36. The summed E-state index contributed by atoms with van der Waals surface area (Å²) in [5, 5.41) is 10.3. The lowest BCUT2D eigenvalue weighted by molar-refractivity contribution is 0.111. The Morgan fingerprint density at radius 3 is 2.83 bits per heavy atom. The van der Waals surface area contributed by atoms with E-state index in [2.05, 4.69) is 22.4 Å². The number of piperidine rings is 1. The quantitative estimate of drug-likeness (QED) is 0.661. The van der Waals surface area contributed by atoms with E-state index in [9.17, 15) is 4.79 Å². The van der Waals surface area contributed by atoms with Crippen LogP contribution in [0.5, 0.6) is 0 Å². The molecule has 2 aliphatic rings. The number of amides is 2. The number of carbonyl (C=O) groups is 1. The smallest absolute Gasteiger partial charge is 0.321 e. The van der Waals surface area contributed by atoms with Crippen LogP contribution in [0.25, 0.3) is 0 Å². The first-order valence-corrected chi connectivity index (χ1v) is 10.9. The third kappa shape index (κ3) is 5.05. The van der Waals surface area contributed by atoms with Crippen LogP contribution in [0, 0.1) is 10.7 Å². The van der Waals surface area contributed by atoms with Gasteiger partial charge in [-0.15, -0.1) is 0 Å². The molecule has 2 aromatic rings. The Balaban J connectivity index is 1.29. The van der Waals surface area contributed by atoms with E-state index in [1.807, 2.05) is 33.7 Å². The van der Waals surface area contributed by atoms with Crippen LogP contribution in [0.1, 0.15) is 49.9 Å². The number of aromatic nitrogens is 3. The van der Waals surface area contributed by atoms with Gasteiger partial charge in [0, 0.05) is 37.8 Å². The number of likely N-dealkylation sites (tertiary alicyclic amines) is 1. The topological polar surface area (TPSA) is 75.2 Å². The van der Waals surface area contributed by atoms with Crippen molar-refractivity contribution in [3.63, 3.8) is 0 Å². The fraction of sp³-hybridized carbons (Fsp3) is 0.571. The maximum atomic E-state index is 12.7. The third-order valence-electron chi connectivity index (χ3n) is 5.75. The molecule has 1 aromatic carbocycles. The van der Waals surface area contributed by atoms with Crippen molar-refractivity contribution in [3.05, 3.63) is 40.4 Å². The number of urea groups is 1. The van der Waals surface area contributed by atoms with Gasteiger partial charge in [0.25, 0.3) is 0 Å². The number of rotatable bonds is 7. The number of nitrogens with zero attached hydrogens (tertiary/aromatic N) is 3. The molecule has 1 saturated carbocycles. The first-order valence-electron chi connectivity index (χ1n) is 10.5. The Hall–Kier alpha value is -2.19. The van der Waals surface area contributed by atoms with Gasteiger partial charge in [0.15, 0.2) is 4.77 Å². The van der Waals surface area contributed by atoms with Crippen LogP contribution in [0.4, 0.5) is 10.5 Å². The van der Waals surface area contributed by atoms with Gasteiger partial charge < -0.3 is 19.5 Å². The number of aromatic amines is 1. The lowest BCUT2D eigenvalue weighted by Gasteiger charge is -2.31. The highest BCUT2D eigenvalue weighted by atomic mass is 32.1. The lowest BCUT2D eigenvalue weighted by Crippen LogP contribution is -2.41. The fourth-order valence-electron chi connectivity index (χ4n) is 3.86. The minimum absolute atomic E-state index is 0.0474. The molecule has 0 bridgehead atoms. The summed E-state index contributed by atoms with van der Waals surface area (Å²) in [5.74, 6) is 2.10. The summed E-state index contributed by atoms with van der Waals surface area (Å²) in [7, 11) is 0. The van der Waals surface area contributed by atoms with Crippen LogP contribution >= 0.6 is 12.2 Å². The van der Waals surface area contributed by atoms with Gasteiger partial charge in [0.05, 0.1) is 6.61 Å². The highest BCUT2D eigenvalue weighted by molar-refractivity contribution is 7.71. The fourth-order valence-corrected chi connectivity index (χ4v) is 4.13. The molecule has 8 heteroatoms. The predicted octanol–water partition coefficient (Wildman–Crippen LogP) is 4.30. The van der Waals surface area contributed by atoms with E-state index >= 15 is 0 Å². The highest BCUT2D eigenvalue weighted by Gasteiger charge is 2.27. The number of carbonyl (C=O) groups excluding carboxylic acids is 1. The first-order chi connectivity index (χ1) is 14.1. The standard InChI is InChI=1S/C21H29N5O2S/c1-2-26-19(23-24-21(26)29)17-8-10-25(11-9-17)20(27)22-18-5-3-4-16(12-18)14-28-13-15-6-7-15/h3-5,12,15,17H,2,6-11,13-14H2,1H3,(H,22,27)(H,24,29). The van der Waals surface area contributed by atoms with E-state index in [0.29, 0.717) is 30.4 Å². The molecule has 4 rings (SSSR count). The lowest BCUT2D eigenvalue weighted by atomic mass is 9.96. The van der Waals surface area contributed by atoms with Crippen molar-refractivity contribution in [2.45, 2.75) is 51.7 Å². The molecule has 2 amide bonds. The van der Waals surface area contributed by atoms with Gasteiger partial charge in [-0.25, -0.2) is 4.79 Å². The van der Waals surface area contributed by atoms with Crippen molar-refractivity contribution in [3.8, 4) is 0 Å². The molecule has 1 aromatic heterocycles. The molecule has 7 nitrogen and oxygen atoms in total. The summed E-state index contributed by atoms with van der Waals surface area (Å²) in [6.45, 7) is 5.74. The van der Waals surface area contributed by atoms with E-state index in [0.717, 1.165) is 49.0 Å². The van der Waals surface area contributed by atoms with Crippen molar-refractivity contribution in [2.24, 2.45) is 5.92 Å². The zero-order valence-electron chi connectivity index (χ0n) is 16.9. The molecule has 29 heavy (non-hydrogen) atoms. The predicted molar refractivity (Wildman–Crippen MR) is 114 cm³/mol. The average molecular weight is 416 g/mol. The van der Waals surface area contributed by atoms with Crippen molar-refractivity contribution >= 4 is 23.9 Å². The van der Waals surface area contributed by atoms with Gasteiger partial charge in [0.2, 0.25) is 0 Å². The molecule has 1 aliphatic carbocycles. The number of nitrogens with one attached hydrogen (secondary N) is 2. The number of hydrogen-bond acceptors (Lipinski definition) is 4. The summed E-state index contributed by atoms with van der Waals surface area (Å²) in [6, 6.07) is 7.87. The minimum Gasteiger partial charge on any atom is -0.376 e. The molecule has 156 valence electrons. The number of anilines is 1. The second kappa shape index (κ2) is 9.09. The van der Waals surface area contributed by atoms with E-state index in [4.69, 9.17) is 17.0 Å². The first kappa shape index (κ1) is 20.1. The van der Waals surface area contributed by atoms with Gasteiger partial charge in [-0.2, -0.15) is 5.10 Å². The van der Waals surface area contributed by atoms with Crippen LogP contribution in [0.3, 0.4) is 0 Å². The maximum absolute atomic E-state index is 12.7. The Labute approximate surface area is 176 Å². The van der Waals surface area contributed by atoms with Crippen molar-refractivity contribution in [1.82, 2.24) is 19.7 Å². The van der Waals surface area contributed by atoms with Crippen LogP contribution in [0.15, 0.2) is 24.3 Å². The second-order valence-corrected chi connectivity index (χ2v) is 8.37. The molecule has 0 spiro atoms. The molecule has 0 unspecified atom stereocenters. The van der Waals surface area contributed by atoms with Crippen LogP contribution in [0.2, 0.25) is 0 Å². The van der Waals surface area contributed by atoms with Crippen LogP contribution in [-0.4, -0.2) is 45.4 Å². The van der Waals surface area contributed by atoms with Crippen molar-refractivity contribution in [1.29, 1.82) is 0 Å². The van der Waals surface area contributed by atoms with E-state index in [-0.39, 0.29) is 6.03 Å². The number of benzene rings is 1. The van der Waals surface area contributed by atoms with Gasteiger partial charge in [0.1, 0.15) is 5.82 Å². The molecule has 0 radical (unpaired) electrons. The number of ether oxygens (including phenoxy) is 1. The molecule has 2 fully saturated rings. The largest absolute Gasteiger partial charge is 0.376 e. The monoisotopic (exact) mass is 415 g/mol. The normalized spacial score (nSPS) is 17.5. The van der Waals surface area contributed by atoms with Crippen LogP contribution < -0.4 is 5.32 Å². The molecular formula is C21H29N5O2S. The Kier molecular flexibility index (Phi) is 6.30. The summed E-state index contributed by atoms with van der Waals surface area (Å²) < 4.78 is 8.47. The number of H-pyrrole nitrogens is 1. The van der Waals surface area contributed by atoms with Gasteiger partial charge in [-0.1, -0.05) is 12.1 Å². The molecule has 1 saturated heterocycles. The van der Waals surface area contributed by atoms with Crippen LogP contribution in [-0.2, 0) is 17.9 Å². The Morgan fingerprint density at radius 2 is 2.10 bits per heavy atom. The van der Waals surface area contributed by atoms with Crippen molar-refractivity contribution < 1.29 is 9.53 Å². The molecule has 0 atom stereocenters. The second-order valence-electron chi connectivity index (χ2n) is 7.98. The summed E-state index contributed by atoms with van der Waals surface area (Å²) >= 11 is 5.29. The van der Waals surface area contributed by atoms with Gasteiger partial charge in [-0.3, -0.25) is 5.10 Å². The molecule has 2 N–H and O–H groups in total. The van der Waals surface area contributed by atoms with E-state index < -0.39 is 0 Å². The van der Waals surface area contributed by atoms with Gasteiger partial charge in [-0.05, 0) is 68.4 Å². The summed E-state index contributed by atoms with van der Waals surface area (Å²) in [5.41, 5.74) is 1.90. The van der Waals surface area contributed by atoms with E-state index in [1.54, 1.807) is 0 Å². The molecule has 2 heterocycles. The van der Waals surface area contributed by atoms with Crippen molar-refractivity contribution in [2.75, 3.05) is 25.0 Å². The Morgan fingerprint density at radius 1 is 1.31 bits per heavy atom. The molecule has 1 aliphatic heterocycles.